The number of carbonyl (C=O) groups excluding carboxylic acids is 1. The lowest BCUT2D eigenvalue weighted by atomic mass is 10.1. The number of hydrogen-bond donors (Lipinski definition) is 2. The number of aromatic hydroxyl groups is 1. The van der Waals surface area contributed by atoms with Crippen LogP contribution in [0.15, 0.2) is 30.9 Å². The Bertz CT molecular complexity index is 858. The monoisotopic (exact) mass is 342 g/mol. The first-order valence-corrected chi connectivity index (χ1v) is 7.89. The van der Waals surface area contributed by atoms with Gasteiger partial charge in [0.25, 0.3) is 5.91 Å². The zero-order chi connectivity index (χ0) is 17.8. The minimum Gasteiger partial charge on any atom is -0.507 e. The molecule has 0 fully saturated rings. The van der Waals surface area contributed by atoms with E-state index in [1.54, 1.807) is 10.7 Å². The van der Waals surface area contributed by atoms with E-state index in [4.69, 9.17) is 0 Å². The number of nitrogens with zero attached hydrogens (tertiary/aromatic N) is 7. The number of phenols is 1. The Morgan fingerprint density at radius 1 is 1.36 bits per heavy atom. The minimum absolute atomic E-state index is 0.124. The van der Waals surface area contributed by atoms with Crippen molar-refractivity contribution in [3.05, 3.63) is 42.2 Å². The molecular formula is C15H18N8O2. The van der Waals surface area contributed by atoms with Gasteiger partial charge in [-0.3, -0.25) is 4.79 Å². The van der Waals surface area contributed by atoms with Gasteiger partial charge in [0.1, 0.15) is 24.2 Å². The maximum atomic E-state index is 12.7. The van der Waals surface area contributed by atoms with Crippen molar-refractivity contribution in [2.75, 3.05) is 0 Å². The lowest BCUT2D eigenvalue weighted by molar-refractivity contribution is 0.0930. The number of rotatable bonds is 6. The zero-order valence-electron chi connectivity index (χ0n) is 13.9. The van der Waals surface area contributed by atoms with Crippen molar-refractivity contribution >= 4 is 5.91 Å². The molecule has 25 heavy (non-hydrogen) atoms. The average molecular weight is 342 g/mol. The lowest BCUT2D eigenvalue weighted by Gasteiger charge is -2.17. The summed E-state index contributed by atoms with van der Waals surface area (Å²) < 4.78 is 3.13. The molecule has 3 aromatic rings. The van der Waals surface area contributed by atoms with E-state index >= 15 is 0 Å². The Labute approximate surface area is 143 Å². The number of tetrazole rings is 1. The summed E-state index contributed by atoms with van der Waals surface area (Å²) >= 11 is 0. The highest BCUT2D eigenvalue weighted by Crippen LogP contribution is 2.22. The van der Waals surface area contributed by atoms with Crippen LogP contribution >= 0.6 is 0 Å². The molecule has 1 amide bonds. The molecule has 2 aromatic heterocycles. The smallest absolute Gasteiger partial charge is 0.255 e. The van der Waals surface area contributed by atoms with Crippen molar-refractivity contribution in [3.8, 4) is 11.4 Å². The van der Waals surface area contributed by atoms with Crippen molar-refractivity contribution in [1.29, 1.82) is 0 Å². The van der Waals surface area contributed by atoms with Crippen molar-refractivity contribution in [2.24, 2.45) is 0 Å². The molecule has 10 heteroatoms. The number of carbonyl (C=O) groups is 1. The largest absolute Gasteiger partial charge is 0.507 e. The van der Waals surface area contributed by atoms with Crippen molar-refractivity contribution in [1.82, 2.24) is 40.3 Å². The number of aryl methyl sites for hydroxylation is 1. The quantitative estimate of drug-likeness (QED) is 0.681. The number of amides is 1. The molecule has 1 atom stereocenters. The molecule has 0 aliphatic rings. The van der Waals surface area contributed by atoms with E-state index in [1.165, 1.54) is 29.5 Å². The summed E-state index contributed by atoms with van der Waals surface area (Å²) in [6.45, 7) is 4.55. The first kappa shape index (κ1) is 16.6. The standard InChI is InChI=1S/C15H18N8O2/c1-3-12(14-16-8-18-22(14)4-2)19-15(25)11-7-10(5-6-13(11)24)23-9-17-20-21-23/h5-9,12,24H,3-4H2,1-2H3,(H,19,25). The lowest BCUT2D eigenvalue weighted by Crippen LogP contribution is -2.30. The fourth-order valence-electron chi connectivity index (χ4n) is 2.50. The van der Waals surface area contributed by atoms with Gasteiger partial charge in [0.2, 0.25) is 0 Å². The highest BCUT2D eigenvalue weighted by molar-refractivity contribution is 5.97. The van der Waals surface area contributed by atoms with Gasteiger partial charge in [0.15, 0.2) is 0 Å². The third kappa shape index (κ3) is 3.32. The fourth-order valence-corrected chi connectivity index (χ4v) is 2.50. The van der Waals surface area contributed by atoms with Gasteiger partial charge in [-0.2, -0.15) is 5.10 Å². The first-order chi connectivity index (χ1) is 12.1. The molecule has 2 N–H and O–H groups in total. The van der Waals surface area contributed by atoms with Gasteiger partial charge < -0.3 is 10.4 Å². The summed E-state index contributed by atoms with van der Waals surface area (Å²) in [6.07, 6.45) is 3.51. The number of hydrogen-bond acceptors (Lipinski definition) is 7. The Morgan fingerprint density at radius 2 is 2.20 bits per heavy atom. The van der Waals surface area contributed by atoms with Crippen LogP contribution in [-0.4, -0.2) is 46.0 Å². The molecule has 1 aromatic carbocycles. The van der Waals surface area contributed by atoms with Gasteiger partial charge in [0.05, 0.1) is 17.3 Å². The minimum atomic E-state index is -0.412. The molecule has 0 radical (unpaired) electrons. The second-order valence-electron chi connectivity index (χ2n) is 5.32. The fraction of sp³-hybridized carbons (Fsp3) is 0.333. The normalized spacial score (nSPS) is 12.1. The summed E-state index contributed by atoms with van der Waals surface area (Å²) in [5.41, 5.74) is 0.701. The van der Waals surface area contributed by atoms with E-state index in [9.17, 15) is 9.90 Å². The molecule has 0 aliphatic heterocycles. The van der Waals surface area contributed by atoms with Gasteiger partial charge in [-0.15, -0.1) is 5.10 Å². The van der Waals surface area contributed by atoms with Gasteiger partial charge in [-0.25, -0.2) is 14.3 Å². The predicted octanol–water partition coefficient (Wildman–Crippen LogP) is 0.860. The first-order valence-electron chi connectivity index (χ1n) is 7.89. The van der Waals surface area contributed by atoms with Crippen LogP contribution in [0.2, 0.25) is 0 Å². The summed E-state index contributed by atoms with van der Waals surface area (Å²) in [5, 5.41) is 28.0. The SMILES string of the molecule is CCC(NC(=O)c1cc(-n2cnnn2)ccc1O)c1ncnn1CC. The van der Waals surface area contributed by atoms with E-state index in [0.29, 0.717) is 24.5 Å². The predicted molar refractivity (Wildman–Crippen MR) is 87.0 cm³/mol. The Hall–Kier alpha value is -3.30. The van der Waals surface area contributed by atoms with Gasteiger partial charge in [0, 0.05) is 6.54 Å². The van der Waals surface area contributed by atoms with Crippen LogP contribution in [0.3, 0.4) is 0 Å². The van der Waals surface area contributed by atoms with Crippen LogP contribution in [0.25, 0.3) is 5.69 Å². The molecule has 3 rings (SSSR count). The van der Waals surface area contributed by atoms with Gasteiger partial charge in [-0.05, 0) is 42.0 Å². The van der Waals surface area contributed by atoms with Crippen LogP contribution in [0.5, 0.6) is 5.75 Å². The van der Waals surface area contributed by atoms with Crippen LogP contribution in [-0.2, 0) is 6.54 Å². The zero-order valence-corrected chi connectivity index (χ0v) is 13.9. The van der Waals surface area contributed by atoms with Crippen molar-refractivity contribution in [3.63, 3.8) is 0 Å². The van der Waals surface area contributed by atoms with E-state index in [-0.39, 0.29) is 17.4 Å². The Kier molecular flexibility index (Phi) is 4.68. The maximum absolute atomic E-state index is 12.7. The second-order valence-corrected chi connectivity index (χ2v) is 5.32. The third-order valence-corrected chi connectivity index (χ3v) is 3.81. The van der Waals surface area contributed by atoms with E-state index in [1.807, 2.05) is 13.8 Å². The van der Waals surface area contributed by atoms with Crippen LogP contribution in [0.4, 0.5) is 0 Å². The number of benzene rings is 1. The molecular weight excluding hydrogens is 324 g/mol. The maximum Gasteiger partial charge on any atom is 0.255 e. The van der Waals surface area contributed by atoms with Crippen molar-refractivity contribution < 1.29 is 9.90 Å². The molecule has 0 bridgehead atoms. The molecule has 2 heterocycles. The number of aromatic nitrogens is 7. The van der Waals surface area contributed by atoms with E-state index < -0.39 is 5.91 Å². The highest BCUT2D eigenvalue weighted by Gasteiger charge is 2.21. The van der Waals surface area contributed by atoms with E-state index in [2.05, 4.69) is 30.9 Å². The Morgan fingerprint density at radius 3 is 2.88 bits per heavy atom. The van der Waals surface area contributed by atoms with Crippen molar-refractivity contribution in [2.45, 2.75) is 32.9 Å². The molecule has 0 spiro atoms. The molecule has 0 aliphatic carbocycles. The number of nitrogens with one attached hydrogen (secondary N) is 1. The topological polar surface area (TPSA) is 124 Å². The second kappa shape index (κ2) is 7.07. The highest BCUT2D eigenvalue weighted by atomic mass is 16.3. The van der Waals surface area contributed by atoms with Gasteiger partial charge in [-0.1, -0.05) is 6.92 Å². The molecule has 1 unspecified atom stereocenters. The molecule has 130 valence electrons. The van der Waals surface area contributed by atoms with E-state index in [0.717, 1.165) is 0 Å². The summed E-state index contributed by atoms with van der Waals surface area (Å²) in [5.74, 6) is 0.139. The molecule has 10 nitrogen and oxygen atoms in total. The van der Waals surface area contributed by atoms with Crippen LogP contribution < -0.4 is 5.32 Å². The van der Waals surface area contributed by atoms with Gasteiger partial charge >= 0.3 is 0 Å². The molecule has 0 saturated heterocycles. The summed E-state index contributed by atoms with van der Waals surface area (Å²) in [6, 6.07) is 4.26. The molecule has 0 saturated carbocycles. The summed E-state index contributed by atoms with van der Waals surface area (Å²) in [7, 11) is 0. The Balaban J connectivity index is 1.86. The third-order valence-electron chi connectivity index (χ3n) is 3.81. The van der Waals surface area contributed by atoms with Crippen LogP contribution in [0, 0.1) is 0 Å². The average Bonchev–Trinajstić information content (AvgIpc) is 3.31. The summed E-state index contributed by atoms with van der Waals surface area (Å²) in [4.78, 5) is 16.9. The number of phenolic OH excluding ortho intramolecular Hbond substituents is 1. The van der Waals surface area contributed by atoms with Crippen LogP contribution in [0.1, 0.15) is 42.5 Å².